The lowest BCUT2D eigenvalue weighted by molar-refractivity contribution is -0.195. The third-order valence-corrected chi connectivity index (χ3v) is 7.49. The van der Waals surface area contributed by atoms with Gasteiger partial charge < -0.3 is 26.0 Å². The number of benzene rings is 1. The van der Waals surface area contributed by atoms with Crippen LogP contribution in [-0.4, -0.2) is 95.2 Å². The Kier molecular flexibility index (Phi) is 5.42. The van der Waals surface area contributed by atoms with Crippen molar-refractivity contribution in [3.05, 3.63) is 23.3 Å². The molecule has 0 aliphatic heterocycles. The van der Waals surface area contributed by atoms with E-state index in [1.165, 1.54) is 25.1 Å². The van der Waals surface area contributed by atoms with Crippen molar-refractivity contribution in [3.8, 4) is 5.75 Å². The van der Waals surface area contributed by atoms with Gasteiger partial charge in [-0.15, -0.1) is 0 Å². The van der Waals surface area contributed by atoms with Crippen LogP contribution in [0.1, 0.15) is 15.9 Å². The smallest absolute Gasteiger partial charge is 0.235 e. The maximum absolute atomic E-state index is 13.7. The fraction of sp³-hybridized carbons (Fsp3) is 0.522. The third-order valence-electron chi connectivity index (χ3n) is 7.49. The Balaban J connectivity index is 1.94. The highest BCUT2D eigenvalue weighted by Gasteiger charge is 2.72. The van der Waals surface area contributed by atoms with Crippen LogP contribution >= 0.6 is 0 Å². The number of amides is 1. The number of aliphatic hydroxyl groups is 2. The normalized spacial score (nSPS) is 35.0. The maximum atomic E-state index is 13.7. The molecule has 11 heteroatoms. The molecule has 0 spiro atoms. The van der Waals surface area contributed by atoms with Gasteiger partial charge in [-0.25, -0.2) is 0 Å². The molecule has 0 aromatic heterocycles. The van der Waals surface area contributed by atoms with Gasteiger partial charge in [0.05, 0.1) is 29.5 Å². The summed E-state index contributed by atoms with van der Waals surface area (Å²) in [5.41, 5.74) is 3.17. The first kappa shape index (κ1) is 24.0. The lowest BCUT2D eigenvalue weighted by atomic mass is 9.51. The second-order valence-corrected chi connectivity index (χ2v) is 9.72. The monoisotopic (exact) mass is 473 g/mol. The number of nitrogens with two attached hydrogens (primary N) is 1. The Bertz CT molecular complexity index is 1150. The Morgan fingerprint density at radius 1 is 1.09 bits per heavy atom. The summed E-state index contributed by atoms with van der Waals surface area (Å²) < 4.78 is 0. The van der Waals surface area contributed by atoms with Crippen LogP contribution in [0.3, 0.4) is 0 Å². The minimum absolute atomic E-state index is 0.0189. The van der Waals surface area contributed by atoms with E-state index in [9.17, 15) is 39.3 Å². The Morgan fingerprint density at radius 3 is 2.24 bits per heavy atom. The molecular formula is C23H27N3O8. The fourth-order valence-corrected chi connectivity index (χ4v) is 6.02. The summed E-state index contributed by atoms with van der Waals surface area (Å²) in [6.45, 7) is 0. The van der Waals surface area contributed by atoms with E-state index >= 15 is 0 Å². The van der Waals surface area contributed by atoms with E-state index < -0.39 is 70.5 Å². The van der Waals surface area contributed by atoms with Gasteiger partial charge in [-0.3, -0.25) is 28.9 Å². The highest BCUT2D eigenvalue weighted by atomic mass is 16.3. The number of rotatable bonds is 3. The first-order chi connectivity index (χ1) is 15.8. The molecule has 2 fully saturated rings. The van der Waals surface area contributed by atoms with E-state index in [-0.39, 0.29) is 17.7 Å². The van der Waals surface area contributed by atoms with Gasteiger partial charge in [0.1, 0.15) is 5.75 Å². The van der Waals surface area contributed by atoms with Crippen molar-refractivity contribution in [2.24, 2.45) is 29.4 Å². The molecule has 3 aliphatic carbocycles. The van der Waals surface area contributed by atoms with Gasteiger partial charge in [0, 0.05) is 25.7 Å². The second-order valence-electron chi connectivity index (χ2n) is 9.72. The van der Waals surface area contributed by atoms with Crippen molar-refractivity contribution in [3.63, 3.8) is 0 Å². The molecule has 0 radical (unpaired) electrons. The summed E-state index contributed by atoms with van der Waals surface area (Å²) in [6, 6.07) is 1.53. The Labute approximate surface area is 195 Å². The molecular weight excluding hydrogens is 446 g/mol. The largest absolute Gasteiger partial charge is 0.507 e. The number of fused-ring (bicyclic) bond motifs is 3. The summed E-state index contributed by atoms with van der Waals surface area (Å²) >= 11 is 0. The number of primary amides is 1. The minimum Gasteiger partial charge on any atom is -0.507 e. The number of carbonyl (C=O) groups is 5. The van der Waals surface area contributed by atoms with Crippen molar-refractivity contribution in [1.29, 1.82) is 0 Å². The van der Waals surface area contributed by atoms with Crippen LogP contribution in [0.15, 0.2) is 12.1 Å². The molecule has 1 aromatic rings. The number of phenols is 1. The molecule has 0 heterocycles. The van der Waals surface area contributed by atoms with Crippen molar-refractivity contribution < 1.29 is 39.3 Å². The predicted molar refractivity (Wildman–Crippen MR) is 117 cm³/mol. The number of ketones is 4. The van der Waals surface area contributed by atoms with E-state index in [0.717, 1.165) is 0 Å². The lowest BCUT2D eigenvalue weighted by Crippen LogP contribution is -2.77. The topological polar surface area (TPSA) is 179 Å². The molecule has 6 unspecified atom stereocenters. The average Bonchev–Trinajstić information content (AvgIpc) is 2.73. The summed E-state index contributed by atoms with van der Waals surface area (Å²) in [6.07, 6.45) is -1.65. The molecule has 2 saturated carbocycles. The van der Waals surface area contributed by atoms with E-state index in [1.807, 2.05) is 0 Å². The number of aromatic hydroxyl groups is 1. The van der Waals surface area contributed by atoms with Crippen molar-refractivity contribution in [2.45, 2.75) is 24.2 Å². The lowest BCUT2D eigenvalue weighted by Gasteiger charge is -2.54. The zero-order valence-corrected chi connectivity index (χ0v) is 19.2. The number of phenolic OH excluding ortho intramolecular Hbond substituents is 1. The van der Waals surface area contributed by atoms with Crippen molar-refractivity contribution in [1.82, 2.24) is 4.90 Å². The Morgan fingerprint density at radius 2 is 1.71 bits per heavy atom. The van der Waals surface area contributed by atoms with E-state index in [4.69, 9.17) is 5.73 Å². The standard InChI is InChI=1S/C23H27N3O8/c1-25(2)10-5-6-11(27)12-8(10)7-9-13(18(12)29)20(31)23(34)15(17(9)28)16(26(3)4)19(30)14(21(23)32)22(24)33/h5-6,9,13-17,27-28,34H,7H2,1-4H3,(H2,24,33)/t9?,13?,14?,15?,16-,17?,23?/m0/s1. The zero-order valence-electron chi connectivity index (χ0n) is 19.2. The SMILES string of the molecule is CN(C)c1ccc(O)c2c1CC1C(C2=O)C(=O)C2(O)C(=O)C(C(N)=O)C(=O)[C@@H](N(C)C)C2C1O. The molecule has 1 aromatic carbocycles. The maximum Gasteiger partial charge on any atom is 0.235 e. The van der Waals surface area contributed by atoms with Gasteiger partial charge >= 0.3 is 0 Å². The number of nitrogens with zero attached hydrogens (tertiary/aromatic N) is 2. The molecule has 34 heavy (non-hydrogen) atoms. The van der Waals surface area contributed by atoms with Gasteiger partial charge in [-0.05, 0) is 38.2 Å². The first-order valence-corrected chi connectivity index (χ1v) is 10.8. The molecule has 5 N–H and O–H groups in total. The highest BCUT2D eigenvalue weighted by molar-refractivity contribution is 6.32. The number of aliphatic hydroxyl groups excluding tert-OH is 1. The Hall–Kier alpha value is -3.15. The van der Waals surface area contributed by atoms with Gasteiger partial charge in [-0.1, -0.05) is 0 Å². The minimum atomic E-state index is -2.98. The quantitative estimate of drug-likeness (QED) is 0.356. The predicted octanol–water partition coefficient (Wildman–Crippen LogP) is -2.10. The van der Waals surface area contributed by atoms with Crippen LogP contribution in [0.2, 0.25) is 0 Å². The van der Waals surface area contributed by atoms with E-state index in [0.29, 0.717) is 11.3 Å². The average molecular weight is 473 g/mol. The van der Waals surface area contributed by atoms with Crippen LogP contribution in [0.5, 0.6) is 5.75 Å². The summed E-state index contributed by atoms with van der Waals surface area (Å²) in [4.78, 5) is 68.5. The summed E-state index contributed by atoms with van der Waals surface area (Å²) in [5.74, 6) is -12.5. The molecule has 3 aliphatic rings. The number of carbonyl (C=O) groups excluding carboxylic acids is 5. The van der Waals surface area contributed by atoms with Crippen LogP contribution in [0.4, 0.5) is 5.69 Å². The molecule has 11 nitrogen and oxygen atoms in total. The molecule has 182 valence electrons. The molecule has 0 bridgehead atoms. The second kappa shape index (κ2) is 7.69. The number of anilines is 1. The van der Waals surface area contributed by atoms with Crippen LogP contribution in [0.25, 0.3) is 0 Å². The number of hydrogen-bond acceptors (Lipinski definition) is 10. The zero-order chi connectivity index (χ0) is 25.4. The van der Waals surface area contributed by atoms with E-state index in [2.05, 4.69) is 0 Å². The van der Waals surface area contributed by atoms with Gasteiger partial charge in [0.25, 0.3) is 0 Å². The molecule has 1 amide bonds. The van der Waals surface area contributed by atoms with Crippen molar-refractivity contribution in [2.75, 3.05) is 33.1 Å². The highest BCUT2D eigenvalue weighted by Crippen LogP contribution is 2.51. The van der Waals surface area contributed by atoms with Crippen LogP contribution < -0.4 is 10.6 Å². The number of hydrogen-bond donors (Lipinski definition) is 4. The summed E-state index contributed by atoms with van der Waals surface area (Å²) in [5, 5.41) is 33.4. The molecule has 4 rings (SSSR count). The summed E-state index contributed by atoms with van der Waals surface area (Å²) in [7, 11) is 6.36. The number of likely N-dealkylation sites (N-methyl/N-ethyl adjacent to an activating group) is 1. The van der Waals surface area contributed by atoms with Gasteiger partial charge in [-0.2, -0.15) is 0 Å². The number of Topliss-reactive ketones (excluding diaryl/α,β-unsaturated/α-hetero) is 4. The molecule has 0 saturated heterocycles. The van der Waals surface area contributed by atoms with E-state index in [1.54, 1.807) is 25.1 Å². The van der Waals surface area contributed by atoms with Crippen molar-refractivity contribution >= 4 is 34.7 Å². The fourth-order valence-electron chi connectivity index (χ4n) is 6.02. The molecule has 7 atom stereocenters. The van der Waals surface area contributed by atoms with Crippen LogP contribution in [-0.2, 0) is 25.6 Å². The first-order valence-electron chi connectivity index (χ1n) is 10.8. The van der Waals surface area contributed by atoms with Gasteiger partial charge in [0.15, 0.2) is 34.7 Å². The van der Waals surface area contributed by atoms with Gasteiger partial charge in [0.2, 0.25) is 5.91 Å². The van der Waals surface area contributed by atoms with Crippen LogP contribution in [0, 0.1) is 23.7 Å². The third kappa shape index (κ3) is 2.90.